The maximum atomic E-state index is 13.5. The first kappa shape index (κ1) is 19.2. The molecule has 0 spiro atoms. The molecule has 0 aliphatic carbocycles. The molecule has 0 saturated carbocycles. The van der Waals surface area contributed by atoms with Crippen molar-refractivity contribution in [1.82, 2.24) is 9.55 Å². The predicted molar refractivity (Wildman–Crippen MR) is 105 cm³/mol. The zero-order valence-corrected chi connectivity index (χ0v) is 15.8. The van der Waals surface area contributed by atoms with Crippen LogP contribution in [-0.4, -0.2) is 42.2 Å². The predicted octanol–water partition coefficient (Wildman–Crippen LogP) is 4.41. The number of nitrogens with one attached hydrogen (secondary N) is 1. The van der Waals surface area contributed by atoms with Crippen molar-refractivity contribution >= 4 is 11.5 Å². The number of alkyl halides is 2. The molecule has 1 atom stereocenters. The fraction of sp³-hybridized carbons (Fsp3) is 0.450. The topological polar surface area (TPSA) is 42.3 Å². The van der Waals surface area contributed by atoms with E-state index in [2.05, 4.69) is 16.9 Å². The van der Waals surface area contributed by atoms with Crippen LogP contribution in [0.1, 0.15) is 19.8 Å². The average molecular weight is 376 g/mol. The summed E-state index contributed by atoms with van der Waals surface area (Å²) in [5.41, 5.74) is 1.85. The Morgan fingerprint density at radius 2 is 2.26 bits per heavy atom. The lowest BCUT2D eigenvalue weighted by Crippen LogP contribution is -2.37. The molecule has 2 aromatic rings. The van der Waals surface area contributed by atoms with Gasteiger partial charge in [0.05, 0.1) is 18.2 Å². The number of hydrogen-bond acceptors (Lipinski definition) is 4. The number of nitrogens with zero attached hydrogens (tertiary/aromatic N) is 3. The van der Waals surface area contributed by atoms with Gasteiger partial charge in [-0.15, -0.1) is 6.58 Å². The van der Waals surface area contributed by atoms with Crippen molar-refractivity contribution < 1.29 is 13.5 Å². The molecule has 2 heterocycles. The standard InChI is InChI=1S/C20H26F2N4O/c1-4-6-7-16(19(21)22)25(3)18-13-26-10-11-27-17-12-14(23-5-2)8-9-15(17)20(26)24-18/h4,8-9,12-13,16,19,23H,1,5-7,10-11H2,2-3H3. The summed E-state index contributed by atoms with van der Waals surface area (Å²) in [7, 11) is 1.67. The van der Waals surface area contributed by atoms with Crippen LogP contribution in [0.5, 0.6) is 5.75 Å². The molecule has 1 aromatic heterocycles. The fourth-order valence-corrected chi connectivity index (χ4v) is 3.30. The minimum Gasteiger partial charge on any atom is -0.491 e. The number of allylic oxidation sites excluding steroid dienone is 1. The Bertz CT molecular complexity index is 790. The Kier molecular flexibility index (Phi) is 5.98. The van der Waals surface area contributed by atoms with Crippen LogP contribution in [0.4, 0.5) is 20.3 Å². The number of hydrogen-bond donors (Lipinski definition) is 1. The smallest absolute Gasteiger partial charge is 0.258 e. The molecule has 1 aliphatic rings. The number of rotatable bonds is 8. The molecule has 0 amide bonds. The van der Waals surface area contributed by atoms with Crippen molar-refractivity contribution in [2.75, 3.05) is 30.4 Å². The van der Waals surface area contributed by atoms with Gasteiger partial charge in [-0.05, 0) is 31.9 Å². The lowest BCUT2D eigenvalue weighted by molar-refractivity contribution is 0.110. The van der Waals surface area contributed by atoms with Crippen LogP contribution >= 0.6 is 0 Å². The molecular weight excluding hydrogens is 350 g/mol. The Morgan fingerprint density at radius 3 is 2.96 bits per heavy atom. The molecule has 1 unspecified atom stereocenters. The van der Waals surface area contributed by atoms with Gasteiger partial charge in [0, 0.05) is 31.5 Å². The van der Waals surface area contributed by atoms with Gasteiger partial charge in [0.2, 0.25) is 0 Å². The maximum Gasteiger partial charge on any atom is 0.258 e. The number of halogens is 2. The monoisotopic (exact) mass is 376 g/mol. The van der Waals surface area contributed by atoms with Crippen LogP contribution in [-0.2, 0) is 6.54 Å². The number of fused-ring (bicyclic) bond motifs is 3. The molecular formula is C20H26F2N4O. The van der Waals surface area contributed by atoms with Crippen molar-refractivity contribution in [3.63, 3.8) is 0 Å². The summed E-state index contributed by atoms with van der Waals surface area (Å²) in [6, 6.07) is 5.00. The summed E-state index contributed by atoms with van der Waals surface area (Å²) >= 11 is 0. The first-order valence-electron chi connectivity index (χ1n) is 9.25. The number of aromatic nitrogens is 2. The third-order valence-corrected chi connectivity index (χ3v) is 4.77. The van der Waals surface area contributed by atoms with E-state index in [0.29, 0.717) is 31.8 Å². The van der Waals surface area contributed by atoms with Crippen LogP contribution in [0.15, 0.2) is 37.1 Å². The number of benzene rings is 1. The first-order chi connectivity index (χ1) is 13.0. The molecule has 7 heteroatoms. The van der Waals surface area contributed by atoms with Crippen molar-refractivity contribution in [2.24, 2.45) is 0 Å². The second kappa shape index (κ2) is 8.41. The molecule has 0 radical (unpaired) electrons. The van der Waals surface area contributed by atoms with Gasteiger partial charge in [-0.2, -0.15) is 0 Å². The second-order valence-corrected chi connectivity index (χ2v) is 6.58. The highest BCUT2D eigenvalue weighted by molar-refractivity contribution is 5.71. The summed E-state index contributed by atoms with van der Waals surface area (Å²) in [5, 5.41) is 3.27. The highest BCUT2D eigenvalue weighted by Gasteiger charge is 2.27. The summed E-state index contributed by atoms with van der Waals surface area (Å²) in [4.78, 5) is 6.24. The van der Waals surface area contributed by atoms with Crippen molar-refractivity contribution in [2.45, 2.75) is 38.8 Å². The molecule has 27 heavy (non-hydrogen) atoms. The molecule has 1 N–H and O–H groups in total. The Hall–Kier alpha value is -2.57. The van der Waals surface area contributed by atoms with Crippen LogP contribution in [0.2, 0.25) is 0 Å². The Labute approximate surface area is 158 Å². The highest BCUT2D eigenvalue weighted by atomic mass is 19.3. The summed E-state index contributed by atoms with van der Waals surface area (Å²) in [5.74, 6) is 2.04. The largest absolute Gasteiger partial charge is 0.491 e. The minimum atomic E-state index is -2.45. The van der Waals surface area contributed by atoms with Gasteiger partial charge < -0.3 is 19.5 Å². The molecule has 0 fully saturated rings. The second-order valence-electron chi connectivity index (χ2n) is 6.58. The lowest BCUT2D eigenvalue weighted by atomic mass is 10.1. The van der Waals surface area contributed by atoms with Crippen molar-refractivity contribution in [3.05, 3.63) is 37.1 Å². The van der Waals surface area contributed by atoms with E-state index in [4.69, 9.17) is 4.74 Å². The van der Waals surface area contributed by atoms with Crippen molar-refractivity contribution in [3.8, 4) is 17.1 Å². The van der Waals surface area contributed by atoms with E-state index >= 15 is 0 Å². The van der Waals surface area contributed by atoms with E-state index in [-0.39, 0.29) is 0 Å². The lowest BCUT2D eigenvalue weighted by Gasteiger charge is -2.27. The van der Waals surface area contributed by atoms with E-state index in [9.17, 15) is 8.78 Å². The summed E-state index contributed by atoms with van der Waals surface area (Å²) in [6.45, 7) is 7.61. The normalized spacial score (nSPS) is 14.0. The fourth-order valence-electron chi connectivity index (χ4n) is 3.30. The van der Waals surface area contributed by atoms with E-state index in [1.165, 1.54) is 0 Å². The van der Waals surface area contributed by atoms with Gasteiger partial charge in [0.1, 0.15) is 24.0 Å². The highest BCUT2D eigenvalue weighted by Crippen LogP contribution is 2.36. The zero-order chi connectivity index (χ0) is 19.4. The molecule has 146 valence electrons. The molecule has 1 aromatic carbocycles. The quantitative estimate of drug-likeness (QED) is 0.693. The van der Waals surface area contributed by atoms with Crippen LogP contribution in [0, 0.1) is 0 Å². The van der Waals surface area contributed by atoms with Gasteiger partial charge in [0.15, 0.2) is 0 Å². The third kappa shape index (κ3) is 4.07. The molecule has 5 nitrogen and oxygen atoms in total. The van der Waals surface area contributed by atoms with E-state index < -0.39 is 12.5 Å². The van der Waals surface area contributed by atoms with Gasteiger partial charge in [-0.3, -0.25) is 0 Å². The molecule has 0 bridgehead atoms. The third-order valence-electron chi connectivity index (χ3n) is 4.77. The van der Waals surface area contributed by atoms with Gasteiger partial charge in [-0.1, -0.05) is 6.08 Å². The van der Waals surface area contributed by atoms with Crippen LogP contribution in [0.3, 0.4) is 0 Å². The Morgan fingerprint density at radius 1 is 1.44 bits per heavy atom. The molecule has 3 rings (SSSR count). The van der Waals surface area contributed by atoms with E-state index in [1.54, 1.807) is 18.0 Å². The number of anilines is 2. The van der Waals surface area contributed by atoms with Crippen LogP contribution < -0.4 is 15.0 Å². The SMILES string of the molecule is C=CCCC(C(F)F)N(C)c1cn2c(n1)-c1ccc(NCC)cc1OCC2. The maximum absolute atomic E-state index is 13.5. The minimum absolute atomic E-state index is 0.339. The van der Waals surface area contributed by atoms with E-state index in [1.807, 2.05) is 35.9 Å². The zero-order valence-electron chi connectivity index (χ0n) is 15.8. The summed E-state index contributed by atoms with van der Waals surface area (Å²) in [6.07, 6.45) is 1.92. The van der Waals surface area contributed by atoms with Gasteiger partial charge >= 0.3 is 0 Å². The van der Waals surface area contributed by atoms with E-state index in [0.717, 1.165) is 29.4 Å². The Balaban J connectivity index is 1.93. The first-order valence-corrected chi connectivity index (χ1v) is 9.25. The average Bonchev–Trinajstić information content (AvgIpc) is 2.99. The summed E-state index contributed by atoms with van der Waals surface area (Å²) < 4.78 is 34.9. The van der Waals surface area contributed by atoms with Gasteiger partial charge in [0.25, 0.3) is 6.43 Å². The number of imidazole rings is 1. The molecule has 0 saturated heterocycles. The molecule has 1 aliphatic heterocycles. The number of ether oxygens (including phenoxy) is 1. The van der Waals surface area contributed by atoms with Gasteiger partial charge in [-0.25, -0.2) is 13.8 Å². The van der Waals surface area contributed by atoms with Crippen molar-refractivity contribution in [1.29, 1.82) is 0 Å². The van der Waals surface area contributed by atoms with Crippen LogP contribution in [0.25, 0.3) is 11.4 Å².